The van der Waals surface area contributed by atoms with Crippen LogP contribution in [0, 0.1) is 5.82 Å². The first-order valence-electron chi connectivity index (χ1n) is 6.52. The first-order chi connectivity index (χ1) is 10.7. The molecule has 0 unspecified atom stereocenters. The van der Waals surface area contributed by atoms with Gasteiger partial charge in [0.15, 0.2) is 0 Å². The molecule has 0 fully saturated rings. The lowest BCUT2D eigenvalue weighted by molar-refractivity contribution is 0.628. The molecule has 0 aliphatic rings. The van der Waals surface area contributed by atoms with Gasteiger partial charge in [0, 0.05) is 21.0 Å². The van der Waals surface area contributed by atoms with E-state index in [-0.39, 0.29) is 5.82 Å². The highest BCUT2D eigenvalue weighted by Crippen LogP contribution is 2.33. The molecule has 5 heteroatoms. The van der Waals surface area contributed by atoms with E-state index >= 15 is 0 Å². The molecule has 0 N–H and O–H groups in total. The Balaban J connectivity index is 1.69. The third-order valence-corrected chi connectivity index (χ3v) is 5.19. The number of nitrogens with zero attached hydrogens (tertiary/aromatic N) is 1. The number of rotatable bonds is 4. The topological polar surface area (TPSA) is 12.4 Å². The molecule has 0 spiro atoms. The first-order valence-corrected chi connectivity index (χ1v) is 8.53. The molecule has 0 atom stereocenters. The molecular weight excluding hydrogens is 337 g/mol. The van der Waals surface area contributed by atoms with E-state index in [1.165, 1.54) is 16.3 Å². The Morgan fingerprint density at radius 3 is 2.64 bits per heavy atom. The third kappa shape index (κ3) is 4.19. The lowest BCUT2D eigenvalue weighted by atomic mass is 10.3. The van der Waals surface area contributed by atoms with Crippen LogP contribution >= 0.6 is 34.7 Å². The molecule has 2 aromatic carbocycles. The number of hydrogen-bond donors (Lipinski definition) is 0. The molecule has 0 radical (unpaired) electrons. The van der Waals surface area contributed by atoms with Crippen LogP contribution in [0.25, 0.3) is 0 Å². The fraction of sp³-hybridized carbons (Fsp3) is 0. The van der Waals surface area contributed by atoms with Gasteiger partial charge in [-0.05, 0) is 54.6 Å². The van der Waals surface area contributed by atoms with E-state index in [1.807, 2.05) is 30.3 Å². The van der Waals surface area contributed by atoms with Crippen LogP contribution in [0.5, 0.6) is 0 Å². The minimum absolute atomic E-state index is 0.278. The lowest BCUT2D eigenvalue weighted by Gasteiger charge is -1.97. The van der Waals surface area contributed by atoms with Crippen molar-refractivity contribution in [1.29, 1.82) is 0 Å². The minimum Gasteiger partial charge on any atom is -0.255 e. The molecule has 0 amide bonds. The van der Waals surface area contributed by atoms with Crippen molar-refractivity contribution in [2.24, 2.45) is 4.99 Å². The van der Waals surface area contributed by atoms with E-state index in [2.05, 4.69) is 11.1 Å². The fourth-order valence-electron chi connectivity index (χ4n) is 1.77. The molecular formula is C17H11ClFNS2. The Hall–Kier alpha value is -1.62. The zero-order valence-corrected chi connectivity index (χ0v) is 13.8. The van der Waals surface area contributed by atoms with Crippen molar-refractivity contribution in [3.63, 3.8) is 0 Å². The van der Waals surface area contributed by atoms with Gasteiger partial charge in [-0.2, -0.15) is 0 Å². The number of thiophene rings is 1. The molecule has 22 heavy (non-hydrogen) atoms. The zero-order valence-electron chi connectivity index (χ0n) is 11.4. The second-order valence-corrected chi connectivity index (χ2v) is 7.38. The average molecular weight is 348 g/mol. The highest BCUT2D eigenvalue weighted by atomic mass is 35.5. The molecule has 1 aromatic heterocycles. The molecule has 1 heterocycles. The molecule has 0 saturated heterocycles. The second kappa shape index (κ2) is 7.09. The van der Waals surface area contributed by atoms with Crippen LogP contribution in [-0.2, 0) is 0 Å². The smallest absolute Gasteiger partial charge is 0.125 e. The van der Waals surface area contributed by atoms with Crippen molar-refractivity contribution in [3.8, 4) is 0 Å². The van der Waals surface area contributed by atoms with Gasteiger partial charge in [0.1, 0.15) is 5.82 Å². The number of halogens is 2. The van der Waals surface area contributed by atoms with Gasteiger partial charge in [0.25, 0.3) is 0 Å². The second-order valence-electron chi connectivity index (χ2n) is 4.45. The van der Waals surface area contributed by atoms with E-state index < -0.39 is 0 Å². The highest BCUT2D eigenvalue weighted by Gasteiger charge is 2.01. The molecule has 0 bridgehead atoms. The van der Waals surface area contributed by atoms with Crippen LogP contribution in [0.15, 0.2) is 74.8 Å². The van der Waals surface area contributed by atoms with E-state index in [9.17, 15) is 4.39 Å². The molecule has 0 aliphatic heterocycles. The summed E-state index contributed by atoms with van der Waals surface area (Å²) in [6.07, 6.45) is 1.76. The lowest BCUT2D eigenvalue weighted by Crippen LogP contribution is -1.74. The summed E-state index contributed by atoms with van der Waals surface area (Å²) in [5.74, 6) is -0.278. The minimum atomic E-state index is -0.278. The Morgan fingerprint density at radius 2 is 1.86 bits per heavy atom. The van der Waals surface area contributed by atoms with Gasteiger partial charge in [-0.15, -0.1) is 11.3 Å². The molecule has 0 saturated carbocycles. The van der Waals surface area contributed by atoms with Gasteiger partial charge in [-0.1, -0.05) is 29.4 Å². The van der Waals surface area contributed by atoms with Crippen molar-refractivity contribution in [2.75, 3.05) is 0 Å². The van der Waals surface area contributed by atoms with Crippen molar-refractivity contribution in [2.45, 2.75) is 9.10 Å². The van der Waals surface area contributed by atoms with Crippen LogP contribution in [0.2, 0.25) is 5.02 Å². The Kier molecular flexibility index (Phi) is 4.93. The van der Waals surface area contributed by atoms with Crippen LogP contribution < -0.4 is 0 Å². The van der Waals surface area contributed by atoms with E-state index in [0.717, 1.165) is 14.8 Å². The third-order valence-electron chi connectivity index (χ3n) is 2.78. The van der Waals surface area contributed by atoms with Gasteiger partial charge in [-0.25, -0.2) is 4.39 Å². The monoisotopic (exact) mass is 347 g/mol. The van der Waals surface area contributed by atoms with Crippen molar-refractivity contribution in [1.82, 2.24) is 0 Å². The summed E-state index contributed by atoms with van der Waals surface area (Å²) in [6.45, 7) is 0. The largest absolute Gasteiger partial charge is 0.255 e. The van der Waals surface area contributed by atoms with Crippen LogP contribution in [0.4, 0.5) is 10.1 Å². The summed E-state index contributed by atoms with van der Waals surface area (Å²) >= 11 is 9.20. The van der Waals surface area contributed by atoms with Crippen LogP contribution in [0.1, 0.15) is 4.88 Å². The van der Waals surface area contributed by atoms with Gasteiger partial charge in [0.05, 0.1) is 9.90 Å². The number of hydrogen-bond acceptors (Lipinski definition) is 3. The van der Waals surface area contributed by atoms with Gasteiger partial charge >= 0.3 is 0 Å². The Morgan fingerprint density at radius 1 is 1.05 bits per heavy atom. The van der Waals surface area contributed by atoms with Crippen molar-refractivity contribution >= 4 is 46.6 Å². The SMILES string of the molecule is Fc1cccc(N=Cc2ccc(Sc3ccc(Cl)cc3)s2)c1. The number of benzene rings is 2. The maximum atomic E-state index is 13.1. The molecule has 110 valence electrons. The van der Waals surface area contributed by atoms with Crippen molar-refractivity contribution in [3.05, 3.63) is 76.4 Å². The standard InChI is InChI=1S/C17H11ClFNS2/c18-12-4-6-15(7-5-12)21-17-9-8-16(22-17)11-20-14-3-1-2-13(19)10-14/h1-11H. The summed E-state index contributed by atoms with van der Waals surface area (Å²) in [7, 11) is 0. The van der Waals surface area contributed by atoms with E-state index in [0.29, 0.717) is 5.69 Å². The summed E-state index contributed by atoms with van der Waals surface area (Å²) in [5, 5.41) is 0.735. The van der Waals surface area contributed by atoms with Crippen LogP contribution in [0.3, 0.4) is 0 Å². The van der Waals surface area contributed by atoms with Gasteiger partial charge in [-0.3, -0.25) is 4.99 Å². The van der Waals surface area contributed by atoms with E-state index in [4.69, 9.17) is 11.6 Å². The van der Waals surface area contributed by atoms with Crippen molar-refractivity contribution < 1.29 is 4.39 Å². The summed E-state index contributed by atoms with van der Waals surface area (Å²) in [4.78, 5) is 6.46. The highest BCUT2D eigenvalue weighted by molar-refractivity contribution is 8.01. The first kappa shape index (κ1) is 15.3. The Bertz CT molecular complexity index is 796. The predicted octanol–water partition coefficient (Wildman–Crippen LogP) is 6.44. The molecule has 3 aromatic rings. The molecule has 0 aliphatic carbocycles. The fourth-order valence-corrected chi connectivity index (χ4v) is 3.89. The average Bonchev–Trinajstić information content (AvgIpc) is 2.95. The van der Waals surface area contributed by atoms with Crippen LogP contribution in [-0.4, -0.2) is 6.21 Å². The summed E-state index contributed by atoms with van der Waals surface area (Å²) in [6, 6.07) is 18.0. The van der Waals surface area contributed by atoms with Gasteiger partial charge in [0.2, 0.25) is 0 Å². The van der Waals surface area contributed by atoms with Gasteiger partial charge < -0.3 is 0 Å². The van der Waals surface area contributed by atoms with E-state index in [1.54, 1.807) is 41.4 Å². The summed E-state index contributed by atoms with van der Waals surface area (Å²) in [5.41, 5.74) is 0.611. The summed E-state index contributed by atoms with van der Waals surface area (Å²) < 4.78 is 14.3. The quantitative estimate of drug-likeness (QED) is 0.494. The maximum absolute atomic E-state index is 13.1. The predicted molar refractivity (Wildman–Crippen MR) is 93.5 cm³/mol. The Labute approximate surface area is 141 Å². The zero-order chi connectivity index (χ0) is 15.4. The maximum Gasteiger partial charge on any atom is 0.125 e. The molecule has 1 nitrogen and oxygen atoms in total. The molecule has 3 rings (SSSR count). The normalized spacial score (nSPS) is 11.2. The number of aliphatic imine (C=N–C) groups is 1.